The lowest BCUT2D eigenvalue weighted by molar-refractivity contribution is 0.597. The van der Waals surface area contributed by atoms with Crippen LogP contribution in [0.1, 0.15) is 19.4 Å². The van der Waals surface area contributed by atoms with Crippen LogP contribution in [0.25, 0.3) is 0 Å². The van der Waals surface area contributed by atoms with E-state index in [2.05, 4.69) is 5.92 Å². The Bertz CT molecular complexity index is 495. The highest BCUT2D eigenvalue weighted by Crippen LogP contribution is 2.15. The maximum absolute atomic E-state index is 11.7. The lowest BCUT2D eigenvalue weighted by atomic mass is 10.0. The highest BCUT2D eigenvalue weighted by Gasteiger charge is 2.11. The molecule has 0 heterocycles. The summed E-state index contributed by atoms with van der Waals surface area (Å²) in [5.41, 5.74) is 0.972. The SMILES string of the molecule is C#CC(C)Cc1cccc(S(=O)(=O)CC)c1. The van der Waals surface area contributed by atoms with Gasteiger partial charge in [-0.1, -0.05) is 26.0 Å². The highest BCUT2D eigenvalue weighted by molar-refractivity contribution is 7.91. The van der Waals surface area contributed by atoms with Gasteiger partial charge in [0.1, 0.15) is 0 Å². The molecule has 0 aromatic heterocycles. The van der Waals surface area contributed by atoms with Crippen LogP contribution in [0.15, 0.2) is 29.2 Å². The lowest BCUT2D eigenvalue weighted by Crippen LogP contribution is -2.05. The molecule has 0 spiro atoms. The summed E-state index contributed by atoms with van der Waals surface area (Å²) < 4.78 is 23.3. The predicted octanol–water partition coefficient (Wildman–Crippen LogP) is 2.29. The number of rotatable bonds is 4. The molecule has 0 saturated carbocycles. The first-order chi connectivity index (χ1) is 7.49. The molecule has 16 heavy (non-hydrogen) atoms. The Kier molecular flexibility index (Phi) is 4.14. The molecule has 0 bridgehead atoms. The van der Waals surface area contributed by atoms with E-state index in [4.69, 9.17) is 6.42 Å². The third-order valence-electron chi connectivity index (χ3n) is 2.46. The van der Waals surface area contributed by atoms with Crippen molar-refractivity contribution < 1.29 is 8.42 Å². The molecule has 0 amide bonds. The zero-order valence-corrected chi connectivity index (χ0v) is 10.4. The summed E-state index contributed by atoms with van der Waals surface area (Å²) in [6.07, 6.45) is 6.01. The topological polar surface area (TPSA) is 34.1 Å². The molecule has 86 valence electrons. The minimum absolute atomic E-state index is 0.125. The second-order valence-electron chi connectivity index (χ2n) is 3.82. The van der Waals surface area contributed by atoms with Crippen LogP contribution in [-0.4, -0.2) is 14.2 Å². The Labute approximate surface area is 97.6 Å². The third kappa shape index (κ3) is 3.11. The van der Waals surface area contributed by atoms with Crippen molar-refractivity contribution in [3.8, 4) is 12.3 Å². The van der Waals surface area contributed by atoms with Crippen LogP contribution in [0.3, 0.4) is 0 Å². The number of benzene rings is 1. The van der Waals surface area contributed by atoms with Gasteiger partial charge >= 0.3 is 0 Å². The van der Waals surface area contributed by atoms with Crippen molar-refractivity contribution in [1.29, 1.82) is 0 Å². The van der Waals surface area contributed by atoms with Gasteiger partial charge in [-0.3, -0.25) is 0 Å². The molecule has 0 aliphatic rings. The van der Waals surface area contributed by atoms with Crippen molar-refractivity contribution >= 4 is 9.84 Å². The fourth-order valence-corrected chi connectivity index (χ4v) is 2.40. The summed E-state index contributed by atoms with van der Waals surface area (Å²) in [6, 6.07) is 7.01. The smallest absolute Gasteiger partial charge is 0.178 e. The molecule has 2 nitrogen and oxygen atoms in total. The van der Waals surface area contributed by atoms with Gasteiger partial charge in [0.05, 0.1) is 10.6 Å². The molecule has 0 aliphatic heterocycles. The first-order valence-corrected chi connectivity index (χ1v) is 6.92. The quantitative estimate of drug-likeness (QED) is 0.752. The van der Waals surface area contributed by atoms with Crippen LogP contribution in [-0.2, 0) is 16.3 Å². The summed E-state index contributed by atoms with van der Waals surface area (Å²) in [5.74, 6) is 2.89. The van der Waals surface area contributed by atoms with Crippen molar-refractivity contribution in [3.63, 3.8) is 0 Å². The molecular weight excluding hydrogens is 220 g/mol. The van der Waals surface area contributed by atoms with E-state index in [1.807, 2.05) is 13.0 Å². The fraction of sp³-hybridized carbons (Fsp3) is 0.385. The molecule has 1 atom stereocenters. The van der Waals surface area contributed by atoms with Crippen LogP contribution in [0.4, 0.5) is 0 Å². The molecule has 1 unspecified atom stereocenters. The molecule has 0 aliphatic carbocycles. The van der Waals surface area contributed by atoms with E-state index in [1.165, 1.54) is 0 Å². The van der Waals surface area contributed by atoms with Crippen molar-refractivity contribution in [1.82, 2.24) is 0 Å². The monoisotopic (exact) mass is 236 g/mol. The Morgan fingerprint density at radius 1 is 1.44 bits per heavy atom. The van der Waals surface area contributed by atoms with Crippen LogP contribution in [0.5, 0.6) is 0 Å². The standard InChI is InChI=1S/C13H16O2S/c1-4-11(3)9-12-7-6-8-13(10-12)16(14,15)5-2/h1,6-8,10-11H,5,9H2,2-3H3. The van der Waals surface area contributed by atoms with Crippen molar-refractivity contribution in [2.75, 3.05) is 5.75 Å². The van der Waals surface area contributed by atoms with E-state index in [1.54, 1.807) is 25.1 Å². The van der Waals surface area contributed by atoms with Gasteiger partial charge in [-0.05, 0) is 24.1 Å². The Morgan fingerprint density at radius 2 is 2.12 bits per heavy atom. The molecule has 1 aromatic carbocycles. The average Bonchev–Trinajstić information content (AvgIpc) is 2.29. The second-order valence-corrected chi connectivity index (χ2v) is 6.10. The Hall–Kier alpha value is -1.27. The molecular formula is C13H16O2S. The Balaban J connectivity index is 3.02. The molecule has 3 heteroatoms. The summed E-state index contributed by atoms with van der Waals surface area (Å²) in [4.78, 5) is 0.386. The number of sulfone groups is 1. The van der Waals surface area contributed by atoms with Gasteiger partial charge in [0, 0.05) is 5.92 Å². The number of hydrogen-bond acceptors (Lipinski definition) is 2. The van der Waals surface area contributed by atoms with Gasteiger partial charge in [-0.25, -0.2) is 8.42 Å². The van der Waals surface area contributed by atoms with E-state index >= 15 is 0 Å². The van der Waals surface area contributed by atoms with E-state index in [-0.39, 0.29) is 11.7 Å². The van der Waals surface area contributed by atoms with Crippen molar-refractivity contribution in [2.45, 2.75) is 25.2 Å². The zero-order chi connectivity index (χ0) is 12.2. The summed E-state index contributed by atoms with van der Waals surface area (Å²) in [5, 5.41) is 0. The van der Waals surface area contributed by atoms with Gasteiger partial charge in [0.15, 0.2) is 9.84 Å². The molecule has 0 saturated heterocycles. The van der Waals surface area contributed by atoms with Crippen LogP contribution >= 0.6 is 0 Å². The third-order valence-corrected chi connectivity index (χ3v) is 4.20. The molecule has 0 radical (unpaired) electrons. The van der Waals surface area contributed by atoms with Gasteiger partial charge in [0.2, 0.25) is 0 Å². The van der Waals surface area contributed by atoms with E-state index in [9.17, 15) is 8.42 Å². The van der Waals surface area contributed by atoms with Gasteiger partial charge in [-0.15, -0.1) is 12.3 Å². The highest BCUT2D eigenvalue weighted by atomic mass is 32.2. The summed E-state index contributed by atoms with van der Waals surface area (Å²) >= 11 is 0. The van der Waals surface area contributed by atoms with Gasteiger partial charge in [-0.2, -0.15) is 0 Å². The zero-order valence-electron chi connectivity index (χ0n) is 9.60. The van der Waals surface area contributed by atoms with Crippen molar-refractivity contribution in [3.05, 3.63) is 29.8 Å². The maximum atomic E-state index is 11.7. The molecule has 1 aromatic rings. The van der Waals surface area contributed by atoms with Gasteiger partial charge in [0.25, 0.3) is 0 Å². The van der Waals surface area contributed by atoms with E-state index < -0.39 is 9.84 Å². The van der Waals surface area contributed by atoms with Crippen molar-refractivity contribution in [2.24, 2.45) is 5.92 Å². The van der Waals surface area contributed by atoms with E-state index in [0.29, 0.717) is 11.3 Å². The second kappa shape index (κ2) is 5.18. The number of terminal acetylenes is 1. The Morgan fingerprint density at radius 3 is 2.69 bits per heavy atom. The lowest BCUT2D eigenvalue weighted by Gasteiger charge is -2.07. The van der Waals surface area contributed by atoms with Gasteiger partial charge < -0.3 is 0 Å². The van der Waals surface area contributed by atoms with E-state index in [0.717, 1.165) is 5.56 Å². The largest absolute Gasteiger partial charge is 0.224 e. The molecule has 0 N–H and O–H groups in total. The number of hydrogen-bond donors (Lipinski definition) is 0. The van der Waals surface area contributed by atoms with Crippen LogP contribution < -0.4 is 0 Å². The average molecular weight is 236 g/mol. The summed E-state index contributed by atoms with van der Waals surface area (Å²) in [6.45, 7) is 3.59. The molecule has 1 rings (SSSR count). The normalized spacial score (nSPS) is 13.1. The first kappa shape index (κ1) is 12.8. The minimum atomic E-state index is -3.11. The maximum Gasteiger partial charge on any atom is 0.178 e. The summed E-state index contributed by atoms with van der Waals surface area (Å²) in [7, 11) is -3.11. The van der Waals surface area contributed by atoms with Crippen LogP contribution in [0, 0.1) is 18.3 Å². The fourth-order valence-electron chi connectivity index (χ4n) is 1.45. The van der Waals surface area contributed by atoms with Crippen LogP contribution in [0.2, 0.25) is 0 Å². The first-order valence-electron chi connectivity index (χ1n) is 5.27. The minimum Gasteiger partial charge on any atom is -0.224 e. The molecule has 0 fully saturated rings. The predicted molar refractivity (Wildman–Crippen MR) is 65.9 cm³/mol.